The second kappa shape index (κ2) is 6.33. The number of thiophene rings is 1. The summed E-state index contributed by atoms with van der Waals surface area (Å²) in [5, 5.41) is 13.0. The maximum atomic E-state index is 12.1. The standard InChI is InChI=1S/C15H17N5O2S/c1-9-11(10(2)20(3)18-9)7-13(21)16-8-14-17-15(19-22-14)12-5-4-6-23-12/h4-6H,7-8H2,1-3H3,(H,16,21). The molecule has 1 N–H and O–H groups in total. The SMILES string of the molecule is Cc1nn(C)c(C)c1CC(=O)NCc1nc(-c2cccs2)no1. The zero-order valence-electron chi connectivity index (χ0n) is 13.2. The molecule has 0 unspecified atom stereocenters. The monoisotopic (exact) mass is 331 g/mol. The van der Waals surface area contributed by atoms with Gasteiger partial charge in [-0.05, 0) is 25.3 Å². The number of amides is 1. The molecule has 1 amide bonds. The van der Waals surface area contributed by atoms with E-state index in [9.17, 15) is 4.79 Å². The summed E-state index contributed by atoms with van der Waals surface area (Å²) in [6.07, 6.45) is 0.289. The number of carbonyl (C=O) groups is 1. The van der Waals surface area contributed by atoms with Crippen molar-refractivity contribution in [3.05, 3.63) is 40.4 Å². The van der Waals surface area contributed by atoms with Gasteiger partial charge in [-0.25, -0.2) is 0 Å². The van der Waals surface area contributed by atoms with E-state index in [2.05, 4.69) is 20.6 Å². The van der Waals surface area contributed by atoms with E-state index in [-0.39, 0.29) is 18.9 Å². The van der Waals surface area contributed by atoms with Gasteiger partial charge in [0.1, 0.15) is 0 Å². The maximum absolute atomic E-state index is 12.1. The zero-order valence-corrected chi connectivity index (χ0v) is 14.0. The van der Waals surface area contributed by atoms with Gasteiger partial charge in [-0.15, -0.1) is 11.3 Å². The molecule has 0 spiro atoms. The van der Waals surface area contributed by atoms with Gasteiger partial charge in [-0.3, -0.25) is 9.48 Å². The highest BCUT2D eigenvalue weighted by Crippen LogP contribution is 2.21. The van der Waals surface area contributed by atoms with Gasteiger partial charge in [-0.2, -0.15) is 10.1 Å². The van der Waals surface area contributed by atoms with Crippen molar-refractivity contribution in [2.45, 2.75) is 26.8 Å². The van der Waals surface area contributed by atoms with Crippen molar-refractivity contribution in [1.29, 1.82) is 0 Å². The third kappa shape index (κ3) is 3.31. The molecule has 23 heavy (non-hydrogen) atoms. The van der Waals surface area contributed by atoms with E-state index < -0.39 is 0 Å². The molecule has 0 saturated heterocycles. The van der Waals surface area contributed by atoms with Crippen molar-refractivity contribution >= 4 is 17.2 Å². The Labute approximate surface area is 137 Å². The molecule has 0 aliphatic carbocycles. The summed E-state index contributed by atoms with van der Waals surface area (Å²) < 4.78 is 6.94. The number of rotatable bonds is 5. The highest BCUT2D eigenvalue weighted by Gasteiger charge is 2.15. The zero-order chi connectivity index (χ0) is 16.4. The summed E-state index contributed by atoms with van der Waals surface area (Å²) in [5.74, 6) is 0.838. The summed E-state index contributed by atoms with van der Waals surface area (Å²) in [6.45, 7) is 4.07. The number of hydrogen-bond donors (Lipinski definition) is 1. The lowest BCUT2D eigenvalue weighted by Gasteiger charge is -2.03. The minimum Gasteiger partial charge on any atom is -0.347 e. The highest BCUT2D eigenvalue weighted by atomic mass is 32.1. The minimum atomic E-state index is -0.0972. The van der Waals surface area contributed by atoms with Crippen LogP contribution in [-0.2, 0) is 24.8 Å². The van der Waals surface area contributed by atoms with E-state index in [4.69, 9.17) is 4.52 Å². The molecule has 120 valence electrons. The lowest BCUT2D eigenvalue weighted by atomic mass is 10.1. The number of hydrogen-bond acceptors (Lipinski definition) is 6. The summed E-state index contributed by atoms with van der Waals surface area (Å²) in [6, 6.07) is 3.85. The van der Waals surface area contributed by atoms with Crippen molar-refractivity contribution in [3.8, 4) is 10.7 Å². The molecular formula is C15H17N5O2S. The molecule has 0 fully saturated rings. The van der Waals surface area contributed by atoms with Crippen LogP contribution in [0.2, 0.25) is 0 Å². The van der Waals surface area contributed by atoms with Gasteiger partial charge in [0, 0.05) is 18.3 Å². The van der Waals surface area contributed by atoms with Crippen LogP contribution in [0.25, 0.3) is 10.7 Å². The molecular weight excluding hydrogens is 314 g/mol. The van der Waals surface area contributed by atoms with Crippen LogP contribution in [0.3, 0.4) is 0 Å². The van der Waals surface area contributed by atoms with E-state index in [1.54, 1.807) is 4.68 Å². The molecule has 8 heteroatoms. The molecule has 0 saturated carbocycles. The van der Waals surface area contributed by atoms with Gasteiger partial charge in [0.15, 0.2) is 0 Å². The quantitative estimate of drug-likeness (QED) is 0.773. The first kappa shape index (κ1) is 15.4. The van der Waals surface area contributed by atoms with E-state index in [0.717, 1.165) is 21.8 Å². The Morgan fingerprint density at radius 3 is 2.91 bits per heavy atom. The summed E-state index contributed by atoms with van der Waals surface area (Å²) in [5.41, 5.74) is 2.82. The van der Waals surface area contributed by atoms with Gasteiger partial charge < -0.3 is 9.84 Å². The number of nitrogens with one attached hydrogen (secondary N) is 1. The first-order chi connectivity index (χ1) is 11.0. The fourth-order valence-electron chi connectivity index (χ4n) is 2.30. The third-order valence-corrected chi connectivity index (χ3v) is 4.51. The molecule has 0 aliphatic rings. The number of aryl methyl sites for hydroxylation is 2. The van der Waals surface area contributed by atoms with Crippen LogP contribution < -0.4 is 5.32 Å². The molecule has 3 aromatic heterocycles. The van der Waals surface area contributed by atoms with Crippen LogP contribution in [0.15, 0.2) is 22.0 Å². The Kier molecular flexibility index (Phi) is 4.24. The lowest BCUT2D eigenvalue weighted by molar-refractivity contribution is -0.120. The van der Waals surface area contributed by atoms with Crippen molar-refractivity contribution in [2.75, 3.05) is 0 Å². The Bertz CT molecular complexity index is 819. The first-order valence-electron chi connectivity index (χ1n) is 7.17. The van der Waals surface area contributed by atoms with E-state index in [1.165, 1.54) is 11.3 Å². The van der Waals surface area contributed by atoms with Crippen molar-refractivity contribution in [3.63, 3.8) is 0 Å². The van der Waals surface area contributed by atoms with Gasteiger partial charge in [0.2, 0.25) is 17.6 Å². The largest absolute Gasteiger partial charge is 0.347 e. The van der Waals surface area contributed by atoms with E-state index in [0.29, 0.717) is 11.7 Å². The second-order valence-electron chi connectivity index (χ2n) is 5.22. The molecule has 0 aromatic carbocycles. The molecule has 3 rings (SSSR count). The molecule has 0 atom stereocenters. The van der Waals surface area contributed by atoms with Crippen LogP contribution in [0, 0.1) is 13.8 Å². The summed E-state index contributed by atoms with van der Waals surface area (Å²) in [7, 11) is 1.87. The third-order valence-electron chi connectivity index (χ3n) is 3.64. The molecule has 0 aliphatic heterocycles. The van der Waals surface area contributed by atoms with Crippen LogP contribution in [0.1, 0.15) is 22.8 Å². The Morgan fingerprint density at radius 2 is 2.26 bits per heavy atom. The summed E-state index contributed by atoms with van der Waals surface area (Å²) >= 11 is 1.54. The molecule has 3 heterocycles. The second-order valence-corrected chi connectivity index (χ2v) is 6.16. The topological polar surface area (TPSA) is 85.8 Å². The van der Waals surface area contributed by atoms with Crippen molar-refractivity contribution in [2.24, 2.45) is 7.05 Å². The highest BCUT2D eigenvalue weighted by molar-refractivity contribution is 7.13. The van der Waals surface area contributed by atoms with E-state index in [1.807, 2.05) is 38.4 Å². The average Bonchev–Trinajstić information content (AvgIpc) is 3.23. The van der Waals surface area contributed by atoms with Crippen molar-refractivity contribution in [1.82, 2.24) is 25.2 Å². The fourth-order valence-corrected chi connectivity index (χ4v) is 2.95. The van der Waals surface area contributed by atoms with Gasteiger partial charge in [-0.1, -0.05) is 11.2 Å². The first-order valence-corrected chi connectivity index (χ1v) is 8.05. The molecule has 3 aromatic rings. The summed E-state index contributed by atoms with van der Waals surface area (Å²) in [4.78, 5) is 17.3. The Morgan fingerprint density at radius 1 is 1.43 bits per heavy atom. The van der Waals surface area contributed by atoms with Gasteiger partial charge in [0.05, 0.1) is 23.5 Å². The van der Waals surface area contributed by atoms with Crippen LogP contribution in [0.5, 0.6) is 0 Å². The van der Waals surface area contributed by atoms with Crippen LogP contribution in [0.4, 0.5) is 0 Å². The fraction of sp³-hybridized carbons (Fsp3) is 0.333. The predicted molar refractivity (Wildman–Crippen MR) is 85.8 cm³/mol. The van der Waals surface area contributed by atoms with Crippen molar-refractivity contribution < 1.29 is 9.32 Å². The number of nitrogens with zero attached hydrogens (tertiary/aromatic N) is 4. The van der Waals surface area contributed by atoms with E-state index >= 15 is 0 Å². The minimum absolute atomic E-state index is 0.0972. The molecule has 0 bridgehead atoms. The van der Waals surface area contributed by atoms with Crippen LogP contribution >= 0.6 is 11.3 Å². The molecule has 7 nitrogen and oxygen atoms in total. The molecule has 0 radical (unpaired) electrons. The van der Waals surface area contributed by atoms with Gasteiger partial charge in [0.25, 0.3) is 0 Å². The Balaban J connectivity index is 1.59. The predicted octanol–water partition coefficient (Wildman–Crippen LogP) is 2.01. The number of aromatic nitrogens is 4. The average molecular weight is 331 g/mol. The lowest BCUT2D eigenvalue weighted by Crippen LogP contribution is -2.25. The number of carbonyl (C=O) groups excluding carboxylic acids is 1. The smallest absolute Gasteiger partial charge is 0.246 e. The normalized spacial score (nSPS) is 10.9. The maximum Gasteiger partial charge on any atom is 0.246 e. The van der Waals surface area contributed by atoms with Gasteiger partial charge >= 0.3 is 0 Å². The Hall–Kier alpha value is -2.48. The van der Waals surface area contributed by atoms with Crippen LogP contribution in [-0.4, -0.2) is 25.8 Å².